The molecule has 2 saturated heterocycles. The third kappa shape index (κ3) is 6.38. The molecule has 2 heterocycles. The summed E-state index contributed by atoms with van der Waals surface area (Å²) >= 11 is 0. The molecule has 0 aliphatic carbocycles. The van der Waals surface area contributed by atoms with Gasteiger partial charge in [-0.05, 0) is 49.1 Å². The maximum Gasteiger partial charge on any atom is 0.387 e. The van der Waals surface area contributed by atoms with E-state index in [0.29, 0.717) is 38.0 Å². The van der Waals surface area contributed by atoms with Gasteiger partial charge in [-0.1, -0.05) is 24.3 Å². The second-order valence-corrected chi connectivity index (χ2v) is 9.23. The van der Waals surface area contributed by atoms with Gasteiger partial charge in [0.1, 0.15) is 5.75 Å². The number of hydrogen-bond donors (Lipinski definition) is 0. The van der Waals surface area contributed by atoms with Crippen LogP contribution in [0.15, 0.2) is 48.5 Å². The quantitative estimate of drug-likeness (QED) is 0.609. The van der Waals surface area contributed by atoms with Gasteiger partial charge in [-0.3, -0.25) is 14.5 Å². The highest BCUT2D eigenvalue weighted by molar-refractivity contribution is 5.97. The first-order valence-electron chi connectivity index (χ1n) is 12.3. The zero-order valence-electron chi connectivity index (χ0n) is 20.1. The topological polar surface area (TPSA) is 76.9 Å². The number of ether oxygens (including phenoxy) is 1. The number of nitriles is 1. The SMILES string of the molecule is N#Cc1ccc(CN2CCCN(C(=O)[C@H]3CCCN(C(=O)c4ccccc4OC(F)F)C3)CC2)cc1. The fourth-order valence-corrected chi connectivity index (χ4v) is 4.93. The van der Waals surface area contributed by atoms with E-state index in [1.807, 2.05) is 29.2 Å². The molecule has 4 rings (SSSR count). The number of carbonyl (C=O) groups is 2. The van der Waals surface area contributed by atoms with E-state index >= 15 is 0 Å². The molecule has 36 heavy (non-hydrogen) atoms. The van der Waals surface area contributed by atoms with Crippen molar-refractivity contribution in [3.05, 3.63) is 65.2 Å². The lowest BCUT2D eigenvalue weighted by atomic mass is 9.95. The fourth-order valence-electron chi connectivity index (χ4n) is 4.93. The van der Waals surface area contributed by atoms with Crippen LogP contribution in [0.25, 0.3) is 0 Å². The first kappa shape index (κ1) is 25.6. The summed E-state index contributed by atoms with van der Waals surface area (Å²) in [6.07, 6.45) is 2.23. The molecule has 190 valence electrons. The average Bonchev–Trinajstić information content (AvgIpc) is 3.14. The minimum atomic E-state index is -3.02. The predicted octanol–water partition coefficient (Wildman–Crippen LogP) is 3.75. The van der Waals surface area contributed by atoms with E-state index < -0.39 is 12.5 Å². The van der Waals surface area contributed by atoms with E-state index in [2.05, 4.69) is 15.7 Å². The van der Waals surface area contributed by atoms with Crippen LogP contribution in [-0.4, -0.2) is 72.4 Å². The van der Waals surface area contributed by atoms with Crippen LogP contribution in [0.3, 0.4) is 0 Å². The van der Waals surface area contributed by atoms with Crippen LogP contribution in [0.1, 0.15) is 40.7 Å². The zero-order chi connectivity index (χ0) is 25.5. The minimum absolute atomic E-state index is 0.0461. The van der Waals surface area contributed by atoms with E-state index in [0.717, 1.165) is 31.6 Å². The summed E-state index contributed by atoms with van der Waals surface area (Å²) in [5.41, 5.74) is 1.85. The summed E-state index contributed by atoms with van der Waals surface area (Å²) in [5, 5.41) is 8.97. The number of alkyl halides is 2. The van der Waals surface area contributed by atoms with Gasteiger partial charge in [-0.25, -0.2) is 0 Å². The highest BCUT2D eigenvalue weighted by Crippen LogP contribution is 2.26. The molecule has 0 N–H and O–H groups in total. The molecule has 2 aromatic carbocycles. The molecule has 0 aromatic heterocycles. The Balaban J connectivity index is 1.34. The maximum atomic E-state index is 13.4. The molecule has 0 spiro atoms. The average molecular weight is 497 g/mol. The molecule has 2 aliphatic heterocycles. The van der Waals surface area contributed by atoms with Crippen molar-refractivity contribution in [2.75, 3.05) is 39.3 Å². The smallest absolute Gasteiger partial charge is 0.387 e. The summed E-state index contributed by atoms with van der Waals surface area (Å²) in [6, 6.07) is 15.7. The Morgan fingerprint density at radius 3 is 2.47 bits per heavy atom. The highest BCUT2D eigenvalue weighted by atomic mass is 19.3. The minimum Gasteiger partial charge on any atom is -0.434 e. The normalized spacial score (nSPS) is 19.0. The van der Waals surface area contributed by atoms with Crippen molar-refractivity contribution in [2.45, 2.75) is 32.4 Å². The summed E-state index contributed by atoms with van der Waals surface area (Å²) in [7, 11) is 0. The lowest BCUT2D eigenvalue weighted by Crippen LogP contribution is -2.47. The Bertz CT molecular complexity index is 1100. The van der Waals surface area contributed by atoms with Crippen molar-refractivity contribution >= 4 is 11.8 Å². The molecule has 0 bridgehead atoms. The van der Waals surface area contributed by atoms with Gasteiger partial charge < -0.3 is 14.5 Å². The van der Waals surface area contributed by atoms with E-state index in [9.17, 15) is 18.4 Å². The van der Waals surface area contributed by atoms with E-state index in [1.54, 1.807) is 17.0 Å². The predicted molar refractivity (Wildman–Crippen MR) is 129 cm³/mol. The van der Waals surface area contributed by atoms with Gasteiger partial charge in [0.15, 0.2) is 0 Å². The van der Waals surface area contributed by atoms with Gasteiger partial charge in [0.2, 0.25) is 5.91 Å². The lowest BCUT2D eigenvalue weighted by molar-refractivity contribution is -0.136. The number of benzene rings is 2. The number of nitrogens with zero attached hydrogens (tertiary/aromatic N) is 4. The van der Waals surface area contributed by atoms with Gasteiger partial charge in [0.05, 0.1) is 23.1 Å². The van der Waals surface area contributed by atoms with Gasteiger partial charge in [-0.2, -0.15) is 14.0 Å². The molecule has 1 atom stereocenters. The summed E-state index contributed by atoms with van der Waals surface area (Å²) in [4.78, 5) is 32.3. The molecule has 2 amide bonds. The van der Waals surface area contributed by atoms with Gasteiger partial charge in [0.25, 0.3) is 5.91 Å². The number of likely N-dealkylation sites (tertiary alicyclic amines) is 1. The molecule has 2 fully saturated rings. The number of carbonyl (C=O) groups excluding carboxylic acids is 2. The summed E-state index contributed by atoms with van der Waals surface area (Å²) in [6.45, 7) is 1.40. The summed E-state index contributed by atoms with van der Waals surface area (Å²) < 4.78 is 30.1. The van der Waals surface area contributed by atoms with Crippen LogP contribution in [0.4, 0.5) is 8.78 Å². The number of amides is 2. The number of halogens is 2. The fraction of sp³-hybridized carbons (Fsp3) is 0.444. The number of rotatable bonds is 6. The van der Waals surface area contributed by atoms with Crippen molar-refractivity contribution < 1.29 is 23.1 Å². The molecule has 0 unspecified atom stereocenters. The van der Waals surface area contributed by atoms with Crippen molar-refractivity contribution in [3.8, 4) is 11.8 Å². The third-order valence-corrected chi connectivity index (χ3v) is 6.78. The summed E-state index contributed by atoms with van der Waals surface area (Å²) in [5.74, 6) is -0.810. The third-order valence-electron chi connectivity index (χ3n) is 6.78. The highest BCUT2D eigenvalue weighted by Gasteiger charge is 2.33. The van der Waals surface area contributed by atoms with Crippen molar-refractivity contribution in [3.63, 3.8) is 0 Å². The lowest BCUT2D eigenvalue weighted by Gasteiger charge is -2.35. The first-order chi connectivity index (χ1) is 17.4. The zero-order valence-corrected chi connectivity index (χ0v) is 20.1. The second kappa shape index (κ2) is 12.0. The van der Waals surface area contributed by atoms with Crippen molar-refractivity contribution in [2.24, 2.45) is 5.92 Å². The first-order valence-corrected chi connectivity index (χ1v) is 12.3. The Morgan fingerprint density at radius 2 is 1.72 bits per heavy atom. The largest absolute Gasteiger partial charge is 0.434 e. The molecule has 7 nitrogen and oxygen atoms in total. The van der Waals surface area contributed by atoms with Gasteiger partial charge >= 0.3 is 6.61 Å². The van der Waals surface area contributed by atoms with Crippen LogP contribution in [-0.2, 0) is 11.3 Å². The van der Waals surface area contributed by atoms with E-state index in [1.165, 1.54) is 12.1 Å². The van der Waals surface area contributed by atoms with Crippen molar-refractivity contribution in [1.29, 1.82) is 5.26 Å². The monoisotopic (exact) mass is 496 g/mol. The standard InChI is InChI=1S/C27H30F2N4O3/c28-27(29)36-24-7-2-1-6-23(24)26(35)33-13-3-5-22(19-33)25(34)32-14-4-12-31(15-16-32)18-21-10-8-20(17-30)9-11-21/h1-2,6-11,22,27H,3-5,12-16,18-19H2/t22-/m0/s1. The van der Waals surface area contributed by atoms with Gasteiger partial charge in [-0.15, -0.1) is 0 Å². The second-order valence-electron chi connectivity index (χ2n) is 9.23. The molecule has 0 saturated carbocycles. The van der Waals surface area contributed by atoms with Crippen molar-refractivity contribution in [1.82, 2.24) is 14.7 Å². The van der Waals surface area contributed by atoms with Crippen LogP contribution >= 0.6 is 0 Å². The molecular formula is C27H30F2N4O3. The molecular weight excluding hydrogens is 466 g/mol. The van der Waals surface area contributed by atoms with Crippen LogP contribution in [0.5, 0.6) is 5.75 Å². The molecule has 2 aromatic rings. The Hall–Kier alpha value is -3.51. The Kier molecular flexibility index (Phi) is 8.49. The van der Waals surface area contributed by atoms with Gasteiger partial charge in [0, 0.05) is 45.8 Å². The van der Waals surface area contributed by atoms with Crippen LogP contribution < -0.4 is 4.74 Å². The number of para-hydroxylation sites is 1. The molecule has 9 heteroatoms. The molecule has 0 radical (unpaired) electrons. The maximum absolute atomic E-state index is 13.4. The van der Waals surface area contributed by atoms with Crippen LogP contribution in [0.2, 0.25) is 0 Å². The van der Waals surface area contributed by atoms with E-state index in [-0.39, 0.29) is 29.7 Å². The number of piperidine rings is 1. The van der Waals surface area contributed by atoms with Crippen LogP contribution in [0, 0.1) is 17.2 Å². The Morgan fingerprint density at radius 1 is 0.972 bits per heavy atom. The molecule has 2 aliphatic rings. The number of hydrogen-bond acceptors (Lipinski definition) is 5. The Labute approximate surface area is 209 Å². The van der Waals surface area contributed by atoms with E-state index in [4.69, 9.17) is 5.26 Å².